The molecule has 1 unspecified atom stereocenters. The number of pyridine rings is 1. The Hall–Kier alpha value is -2.15. The van der Waals surface area contributed by atoms with Gasteiger partial charge in [-0.25, -0.2) is 4.79 Å². The second-order valence-corrected chi connectivity index (χ2v) is 6.61. The third-order valence-corrected chi connectivity index (χ3v) is 3.54. The summed E-state index contributed by atoms with van der Waals surface area (Å²) in [5.74, 6) is -0.942. The molecule has 0 spiro atoms. The molecule has 1 aromatic rings. The quantitative estimate of drug-likeness (QED) is 0.910. The van der Waals surface area contributed by atoms with Crippen LogP contribution in [-0.2, 0) is 16.1 Å². The summed E-state index contributed by atoms with van der Waals surface area (Å²) < 4.78 is 5.32. The number of carbonyl (C=O) groups is 2. The molecule has 7 nitrogen and oxygen atoms in total. The number of carboxylic acids is 1. The minimum Gasteiger partial charge on any atom is -0.480 e. The van der Waals surface area contributed by atoms with Crippen LogP contribution in [0, 0.1) is 0 Å². The second kappa shape index (κ2) is 6.95. The number of carboxylic acid groups (broad SMARTS) is 1. The maximum atomic E-state index is 12.1. The molecule has 23 heavy (non-hydrogen) atoms. The highest BCUT2D eigenvalue weighted by Crippen LogP contribution is 2.17. The van der Waals surface area contributed by atoms with E-state index in [0.717, 1.165) is 5.56 Å². The number of carbonyl (C=O) groups excluding carboxylic acids is 1. The Kier molecular flexibility index (Phi) is 5.20. The summed E-state index contributed by atoms with van der Waals surface area (Å²) in [6, 6.07) is 2.98. The fourth-order valence-corrected chi connectivity index (χ4v) is 2.46. The van der Waals surface area contributed by atoms with E-state index >= 15 is 0 Å². The molecule has 2 rings (SSSR count). The lowest BCUT2D eigenvalue weighted by atomic mass is 10.1. The predicted molar refractivity (Wildman–Crippen MR) is 83.9 cm³/mol. The average molecular weight is 321 g/mol. The lowest BCUT2D eigenvalue weighted by Crippen LogP contribution is -2.57. The predicted octanol–water partition coefficient (Wildman–Crippen LogP) is 1.59. The van der Waals surface area contributed by atoms with Gasteiger partial charge in [0.2, 0.25) is 0 Å². The van der Waals surface area contributed by atoms with Gasteiger partial charge in [-0.15, -0.1) is 0 Å². The lowest BCUT2D eigenvalue weighted by molar-refractivity contribution is -0.145. The van der Waals surface area contributed by atoms with E-state index in [9.17, 15) is 14.7 Å². The van der Waals surface area contributed by atoms with Crippen LogP contribution in [0.25, 0.3) is 0 Å². The molecule has 126 valence electrons. The van der Waals surface area contributed by atoms with Crippen molar-refractivity contribution in [3.8, 4) is 0 Å². The molecule has 0 bridgehead atoms. The van der Waals surface area contributed by atoms with Crippen LogP contribution in [0.5, 0.6) is 0 Å². The molecule has 1 atom stereocenters. The molecule has 1 saturated heterocycles. The molecule has 1 aliphatic heterocycles. The third kappa shape index (κ3) is 4.92. The van der Waals surface area contributed by atoms with Crippen LogP contribution in [0.3, 0.4) is 0 Å². The first-order valence-electron chi connectivity index (χ1n) is 7.60. The highest BCUT2D eigenvalue weighted by Gasteiger charge is 2.35. The van der Waals surface area contributed by atoms with E-state index in [0.29, 0.717) is 19.6 Å². The van der Waals surface area contributed by atoms with Gasteiger partial charge in [0.1, 0.15) is 11.6 Å². The van der Waals surface area contributed by atoms with Crippen LogP contribution in [0.2, 0.25) is 0 Å². The molecule has 1 aromatic heterocycles. The molecule has 2 heterocycles. The first kappa shape index (κ1) is 17.2. The maximum absolute atomic E-state index is 12.1. The number of aliphatic carboxylic acids is 1. The first-order valence-corrected chi connectivity index (χ1v) is 7.60. The second-order valence-electron chi connectivity index (χ2n) is 6.61. The van der Waals surface area contributed by atoms with Crippen molar-refractivity contribution in [2.75, 3.05) is 19.6 Å². The summed E-state index contributed by atoms with van der Waals surface area (Å²) >= 11 is 0. The fourth-order valence-electron chi connectivity index (χ4n) is 2.46. The summed E-state index contributed by atoms with van der Waals surface area (Å²) in [6.07, 6.45) is 2.93. The van der Waals surface area contributed by atoms with Crippen molar-refractivity contribution in [1.82, 2.24) is 14.8 Å². The van der Waals surface area contributed by atoms with Gasteiger partial charge in [0, 0.05) is 32.0 Å². The molecule has 0 aromatic carbocycles. The van der Waals surface area contributed by atoms with Crippen molar-refractivity contribution >= 4 is 12.1 Å². The Balaban J connectivity index is 2.03. The van der Waals surface area contributed by atoms with Gasteiger partial charge < -0.3 is 14.7 Å². The number of amides is 1. The minimum absolute atomic E-state index is 0.116. The molecule has 0 aliphatic carbocycles. The molecule has 0 saturated carbocycles. The van der Waals surface area contributed by atoms with Gasteiger partial charge in [-0.3, -0.25) is 14.7 Å². The van der Waals surface area contributed by atoms with Crippen LogP contribution < -0.4 is 0 Å². The molecule has 0 radical (unpaired) electrons. The Morgan fingerprint density at radius 2 is 2.13 bits per heavy atom. The molecule has 1 aliphatic rings. The van der Waals surface area contributed by atoms with Crippen molar-refractivity contribution in [1.29, 1.82) is 0 Å². The highest BCUT2D eigenvalue weighted by molar-refractivity contribution is 5.76. The molecule has 1 amide bonds. The fraction of sp³-hybridized carbons (Fsp3) is 0.562. The first-order chi connectivity index (χ1) is 10.8. The number of hydrogen-bond donors (Lipinski definition) is 1. The van der Waals surface area contributed by atoms with Crippen molar-refractivity contribution in [3.63, 3.8) is 0 Å². The Labute approximate surface area is 135 Å². The monoisotopic (exact) mass is 321 g/mol. The van der Waals surface area contributed by atoms with E-state index in [-0.39, 0.29) is 6.54 Å². The summed E-state index contributed by atoms with van der Waals surface area (Å²) in [5.41, 5.74) is 0.354. The molecular formula is C16H23N3O4. The Bertz CT molecular complexity index is 556. The largest absolute Gasteiger partial charge is 0.480 e. The van der Waals surface area contributed by atoms with E-state index in [1.165, 1.54) is 4.90 Å². The number of hydrogen-bond acceptors (Lipinski definition) is 5. The van der Waals surface area contributed by atoms with Crippen LogP contribution in [-0.4, -0.2) is 63.2 Å². The van der Waals surface area contributed by atoms with Crippen LogP contribution >= 0.6 is 0 Å². The Morgan fingerprint density at radius 3 is 2.70 bits per heavy atom. The van der Waals surface area contributed by atoms with Crippen molar-refractivity contribution in [3.05, 3.63) is 30.1 Å². The summed E-state index contributed by atoms with van der Waals surface area (Å²) in [5, 5.41) is 9.48. The van der Waals surface area contributed by atoms with E-state index in [1.807, 2.05) is 17.0 Å². The highest BCUT2D eigenvalue weighted by atomic mass is 16.6. The van der Waals surface area contributed by atoms with Crippen molar-refractivity contribution in [2.24, 2.45) is 0 Å². The molecule has 7 heteroatoms. The number of aromatic nitrogens is 1. The lowest BCUT2D eigenvalue weighted by Gasteiger charge is -2.39. The average Bonchev–Trinajstić information content (AvgIpc) is 2.46. The van der Waals surface area contributed by atoms with Crippen molar-refractivity contribution in [2.45, 2.75) is 39.0 Å². The van der Waals surface area contributed by atoms with Gasteiger partial charge in [0.15, 0.2) is 0 Å². The van der Waals surface area contributed by atoms with Crippen LogP contribution in [0.15, 0.2) is 24.5 Å². The zero-order valence-electron chi connectivity index (χ0n) is 13.7. The summed E-state index contributed by atoms with van der Waals surface area (Å²) in [4.78, 5) is 31.1. The van der Waals surface area contributed by atoms with E-state index < -0.39 is 23.7 Å². The summed E-state index contributed by atoms with van der Waals surface area (Å²) in [6.45, 7) is 6.90. The number of rotatable bonds is 3. The number of piperazine rings is 1. The normalized spacial score (nSPS) is 19.4. The van der Waals surface area contributed by atoms with Crippen molar-refractivity contribution < 1.29 is 19.4 Å². The van der Waals surface area contributed by atoms with Gasteiger partial charge in [-0.2, -0.15) is 0 Å². The van der Waals surface area contributed by atoms with Crippen LogP contribution in [0.4, 0.5) is 4.79 Å². The van der Waals surface area contributed by atoms with Gasteiger partial charge in [-0.1, -0.05) is 6.07 Å². The topological polar surface area (TPSA) is 83.0 Å². The van der Waals surface area contributed by atoms with Crippen LogP contribution in [0.1, 0.15) is 26.3 Å². The molecule has 1 fully saturated rings. The smallest absolute Gasteiger partial charge is 0.410 e. The molecule has 1 N–H and O–H groups in total. The molecular weight excluding hydrogens is 298 g/mol. The van der Waals surface area contributed by atoms with Gasteiger partial charge >= 0.3 is 12.1 Å². The maximum Gasteiger partial charge on any atom is 0.410 e. The number of ether oxygens (including phenoxy) is 1. The van der Waals surface area contributed by atoms with E-state index in [4.69, 9.17) is 4.74 Å². The third-order valence-electron chi connectivity index (χ3n) is 3.54. The summed E-state index contributed by atoms with van der Waals surface area (Å²) in [7, 11) is 0. The standard InChI is InChI=1S/C16H23N3O4/c1-16(2,3)23-15(22)19-8-7-18(13(11-19)14(20)21)10-12-5-4-6-17-9-12/h4-6,9,13H,7-8,10-11H2,1-3H3,(H,20,21). The van der Waals surface area contributed by atoms with Gasteiger partial charge in [-0.05, 0) is 32.4 Å². The zero-order valence-corrected chi connectivity index (χ0v) is 13.7. The van der Waals surface area contributed by atoms with E-state index in [2.05, 4.69) is 4.98 Å². The zero-order chi connectivity index (χ0) is 17.0. The van der Waals surface area contributed by atoms with Gasteiger partial charge in [0.05, 0.1) is 6.54 Å². The number of nitrogens with zero attached hydrogens (tertiary/aromatic N) is 3. The van der Waals surface area contributed by atoms with E-state index in [1.54, 1.807) is 33.2 Å². The SMILES string of the molecule is CC(C)(C)OC(=O)N1CCN(Cc2cccnc2)C(C(=O)O)C1. The minimum atomic E-state index is -0.942. The van der Waals surface area contributed by atoms with Gasteiger partial charge in [0.25, 0.3) is 0 Å². The Morgan fingerprint density at radius 1 is 1.39 bits per heavy atom.